The van der Waals surface area contributed by atoms with Gasteiger partial charge in [-0.15, -0.1) is 0 Å². The molecule has 0 aromatic heterocycles. The van der Waals surface area contributed by atoms with E-state index < -0.39 is 0 Å². The lowest BCUT2D eigenvalue weighted by atomic mass is 9.33. The van der Waals surface area contributed by atoms with Gasteiger partial charge in [-0.05, 0) is 110 Å². The quantitative estimate of drug-likeness (QED) is 0.217. The highest BCUT2D eigenvalue weighted by atomic mass is 16.2. The topological polar surface area (TPSA) is 46.2 Å². The van der Waals surface area contributed by atoms with Crippen LogP contribution in [-0.2, 0) is 9.59 Å². The summed E-state index contributed by atoms with van der Waals surface area (Å²) in [4.78, 5) is 26.3. The fourth-order valence-electron chi connectivity index (χ4n) is 11.6. The Hall–Kier alpha value is -1.16. The lowest BCUT2D eigenvalue weighted by Crippen LogP contribution is -2.64. The predicted octanol–water partition coefficient (Wildman–Crippen LogP) is 7.57. The molecule has 0 heterocycles. The lowest BCUT2D eigenvalue weighted by molar-refractivity contribution is -0.869. The van der Waals surface area contributed by atoms with E-state index in [1.807, 2.05) is 0 Å². The largest absolute Gasteiger partial charge is 0.350 e. The smallest absolute Gasteiger partial charge is 0.230 e. The zero-order valence-corrected chi connectivity index (χ0v) is 27.8. The number of hydrogen-bond acceptors (Lipinski definition) is 2. The van der Waals surface area contributed by atoms with E-state index >= 15 is 0 Å². The van der Waals surface area contributed by atoms with Crippen LogP contribution in [0.2, 0.25) is 0 Å². The molecule has 0 radical (unpaired) electrons. The Kier molecular flexibility index (Phi) is 7.14. The number of allylic oxidation sites excluding steroid dienone is 1. The minimum absolute atomic E-state index is 0.0781. The van der Waals surface area contributed by atoms with Crippen LogP contribution in [0.3, 0.4) is 0 Å². The minimum Gasteiger partial charge on any atom is -0.350 e. The highest BCUT2D eigenvalue weighted by molar-refractivity contribution is 5.87. The van der Waals surface area contributed by atoms with Crippen LogP contribution >= 0.6 is 0 Å². The number of aldehydes is 1. The van der Waals surface area contributed by atoms with Crippen molar-refractivity contribution < 1.29 is 14.1 Å². The number of carbonyl (C=O) groups excluding carboxylic acids is 2. The number of nitrogens with zero attached hydrogens (tertiary/aromatic N) is 1. The second kappa shape index (κ2) is 9.42. The van der Waals surface area contributed by atoms with Crippen LogP contribution in [-0.4, -0.2) is 50.9 Å². The molecule has 4 saturated carbocycles. The van der Waals surface area contributed by atoms with Crippen LogP contribution in [0.15, 0.2) is 11.1 Å². The maximum absolute atomic E-state index is 14.2. The van der Waals surface area contributed by atoms with Gasteiger partial charge in [0.1, 0.15) is 6.29 Å². The highest BCUT2D eigenvalue weighted by Crippen LogP contribution is 2.76. The van der Waals surface area contributed by atoms with E-state index in [4.69, 9.17) is 0 Å². The van der Waals surface area contributed by atoms with Gasteiger partial charge in [0.25, 0.3) is 0 Å². The molecule has 4 heteroatoms. The fourth-order valence-corrected chi connectivity index (χ4v) is 11.6. The third kappa shape index (κ3) is 4.31. The standard InChI is InChI=1S/C36H60N2O2/c1-31(2)17-19-36(30(40)37-21-22-38(8,9)10)20-18-34(6)26(27(36)23-31)11-12-29-33(5)15-13-25(24-39)32(3,4)28(33)14-16-35(29,34)7/h24-25,28-29H,11-23H2,1-10H3/p+1/t25-,28+,29-,33+,34-,35-,36+/m1/s1. The monoisotopic (exact) mass is 553 g/mol. The number of hydrogen-bond donors (Lipinski definition) is 1. The van der Waals surface area contributed by atoms with Gasteiger partial charge in [0.15, 0.2) is 0 Å². The van der Waals surface area contributed by atoms with Crippen LogP contribution in [0.25, 0.3) is 0 Å². The van der Waals surface area contributed by atoms with Gasteiger partial charge in [0.05, 0.1) is 39.6 Å². The molecule has 4 fully saturated rings. The van der Waals surface area contributed by atoms with Gasteiger partial charge in [-0.3, -0.25) is 4.79 Å². The van der Waals surface area contributed by atoms with Crippen LogP contribution in [0.1, 0.15) is 119 Å². The summed E-state index contributed by atoms with van der Waals surface area (Å²) < 4.78 is 0.871. The maximum atomic E-state index is 14.2. The van der Waals surface area contributed by atoms with E-state index in [-0.39, 0.29) is 38.4 Å². The molecule has 0 bridgehead atoms. The van der Waals surface area contributed by atoms with E-state index in [1.54, 1.807) is 11.1 Å². The Morgan fingerprint density at radius 2 is 1.52 bits per heavy atom. The van der Waals surface area contributed by atoms with Crippen LogP contribution in [0.5, 0.6) is 0 Å². The normalized spacial score (nSPS) is 44.0. The second-order valence-corrected chi connectivity index (χ2v) is 18.2. The number of amides is 1. The van der Waals surface area contributed by atoms with E-state index in [1.165, 1.54) is 32.0 Å². The molecule has 7 atom stereocenters. The lowest BCUT2D eigenvalue weighted by Gasteiger charge is -2.71. The molecule has 1 N–H and O–H groups in total. The van der Waals surface area contributed by atoms with E-state index in [9.17, 15) is 9.59 Å². The van der Waals surface area contributed by atoms with Gasteiger partial charge in [0, 0.05) is 5.92 Å². The molecule has 5 aliphatic rings. The summed E-state index contributed by atoms with van der Waals surface area (Å²) in [6.07, 6.45) is 13.8. The molecule has 5 aliphatic carbocycles. The van der Waals surface area contributed by atoms with Crippen LogP contribution < -0.4 is 5.32 Å². The zero-order valence-electron chi connectivity index (χ0n) is 27.8. The SMILES string of the molecule is CC1(C)CC[C@]2(C(=O)NCC[N+](C)(C)C)CC[C@]3(C)C(=C2C1)CC[C@@H]1[C@@]2(C)CC[C@H](C=O)C(C)(C)[C@@H]2CC[C@]13C. The van der Waals surface area contributed by atoms with Gasteiger partial charge in [-0.25, -0.2) is 0 Å². The summed E-state index contributed by atoms with van der Waals surface area (Å²) in [6, 6.07) is 0. The Bertz CT molecular complexity index is 1080. The van der Waals surface area contributed by atoms with Crippen molar-refractivity contribution in [2.45, 2.75) is 119 Å². The van der Waals surface area contributed by atoms with Crippen molar-refractivity contribution in [3.63, 3.8) is 0 Å². The average Bonchev–Trinajstić information content (AvgIpc) is 2.83. The Labute approximate surface area is 246 Å². The van der Waals surface area contributed by atoms with Crippen molar-refractivity contribution in [2.75, 3.05) is 34.2 Å². The first-order chi connectivity index (χ1) is 18.4. The van der Waals surface area contributed by atoms with Gasteiger partial charge in [-0.1, -0.05) is 59.6 Å². The molecule has 4 nitrogen and oxygen atoms in total. The van der Waals surface area contributed by atoms with Gasteiger partial charge >= 0.3 is 0 Å². The Balaban J connectivity index is 1.53. The third-order valence-electron chi connectivity index (χ3n) is 14.3. The molecule has 0 saturated heterocycles. The third-order valence-corrected chi connectivity index (χ3v) is 14.3. The average molecular weight is 554 g/mol. The van der Waals surface area contributed by atoms with Gasteiger partial charge in [0.2, 0.25) is 5.91 Å². The molecule has 0 aromatic carbocycles. The predicted molar refractivity (Wildman–Crippen MR) is 165 cm³/mol. The summed E-state index contributed by atoms with van der Waals surface area (Å²) in [6.45, 7) is 19.2. The number of likely N-dealkylation sites (N-methyl/N-ethyl adjacent to an activating group) is 1. The number of quaternary nitrogens is 1. The molecular formula is C36H61N2O2+. The van der Waals surface area contributed by atoms with Crippen LogP contribution in [0, 0.1) is 50.2 Å². The summed E-state index contributed by atoms with van der Waals surface area (Å²) in [5.74, 6) is 1.81. The number of nitrogens with one attached hydrogen (secondary N) is 1. The van der Waals surface area contributed by atoms with Crippen molar-refractivity contribution in [3.8, 4) is 0 Å². The van der Waals surface area contributed by atoms with Crippen LogP contribution in [0.4, 0.5) is 0 Å². The summed E-state index contributed by atoms with van der Waals surface area (Å²) >= 11 is 0. The first kappa shape index (κ1) is 30.3. The molecular weight excluding hydrogens is 492 g/mol. The van der Waals surface area contributed by atoms with Crippen molar-refractivity contribution in [3.05, 3.63) is 11.1 Å². The summed E-state index contributed by atoms with van der Waals surface area (Å²) in [5, 5.41) is 3.44. The van der Waals surface area contributed by atoms with Gasteiger partial charge < -0.3 is 14.6 Å². The molecule has 0 aromatic rings. The molecule has 0 spiro atoms. The fraction of sp³-hybridized carbons (Fsp3) is 0.889. The minimum atomic E-state index is -0.302. The number of fused-ring (bicyclic) bond motifs is 6. The molecule has 1 amide bonds. The van der Waals surface area contributed by atoms with Crippen molar-refractivity contribution in [1.82, 2.24) is 5.32 Å². The number of carbonyl (C=O) groups is 2. The van der Waals surface area contributed by atoms with Crippen molar-refractivity contribution in [2.24, 2.45) is 50.2 Å². The molecule has 40 heavy (non-hydrogen) atoms. The molecule has 226 valence electrons. The Morgan fingerprint density at radius 3 is 2.17 bits per heavy atom. The van der Waals surface area contributed by atoms with E-state index in [2.05, 4.69) is 74.9 Å². The number of rotatable bonds is 5. The first-order valence-corrected chi connectivity index (χ1v) is 16.6. The maximum Gasteiger partial charge on any atom is 0.230 e. The van der Waals surface area contributed by atoms with Crippen molar-refractivity contribution in [1.29, 1.82) is 0 Å². The first-order valence-electron chi connectivity index (χ1n) is 16.6. The Morgan fingerprint density at radius 1 is 0.850 bits per heavy atom. The highest BCUT2D eigenvalue weighted by Gasteiger charge is 2.68. The summed E-state index contributed by atoms with van der Waals surface area (Å²) in [7, 11) is 6.61. The van der Waals surface area contributed by atoms with E-state index in [0.29, 0.717) is 17.7 Å². The van der Waals surface area contributed by atoms with E-state index in [0.717, 1.165) is 62.5 Å². The zero-order chi connectivity index (χ0) is 29.6. The molecule has 0 unspecified atom stereocenters. The summed E-state index contributed by atoms with van der Waals surface area (Å²) in [5.41, 5.74) is 3.97. The van der Waals surface area contributed by atoms with Crippen molar-refractivity contribution >= 4 is 12.2 Å². The molecule has 5 rings (SSSR count). The van der Waals surface area contributed by atoms with Gasteiger partial charge in [-0.2, -0.15) is 0 Å². The second-order valence-electron chi connectivity index (χ2n) is 18.2. The molecule has 0 aliphatic heterocycles.